The van der Waals surface area contributed by atoms with Crippen molar-refractivity contribution in [1.29, 1.82) is 0 Å². The highest BCUT2D eigenvalue weighted by molar-refractivity contribution is 5.93. The number of nitrogens with zero attached hydrogens (tertiary/aromatic N) is 3. The summed E-state index contributed by atoms with van der Waals surface area (Å²) in [5.41, 5.74) is 6.09. The van der Waals surface area contributed by atoms with Gasteiger partial charge in [-0.2, -0.15) is 0 Å². The summed E-state index contributed by atoms with van der Waals surface area (Å²) >= 11 is 0. The molecule has 116 valence electrons. The lowest BCUT2D eigenvalue weighted by molar-refractivity contribution is -0.384. The Hall–Kier alpha value is -1.89. The minimum absolute atomic E-state index is 0.0187. The molecule has 0 radical (unpaired) electrons. The summed E-state index contributed by atoms with van der Waals surface area (Å²) in [6.07, 6.45) is 4.33. The van der Waals surface area contributed by atoms with Gasteiger partial charge in [0.25, 0.3) is 11.6 Å². The molecule has 1 aromatic heterocycles. The van der Waals surface area contributed by atoms with Gasteiger partial charge in [-0.25, -0.2) is 0 Å². The van der Waals surface area contributed by atoms with Crippen molar-refractivity contribution in [2.24, 2.45) is 18.7 Å². The van der Waals surface area contributed by atoms with Crippen LogP contribution in [0.25, 0.3) is 0 Å². The fourth-order valence-electron chi connectivity index (χ4n) is 3.00. The van der Waals surface area contributed by atoms with Gasteiger partial charge in [0, 0.05) is 32.2 Å². The highest BCUT2D eigenvalue weighted by Gasteiger charge is 2.32. The van der Waals surface area contributed by atoms with Gasteiger partial charge in [-0.15, -0.1) is 0 Å². The van der Waals surface area contributed by atoms with Crippen molar-refractivity contribution < 1.29 is 9.72 Å². The molecule has 7 heteroatoms. The molecule has 0 saturated carbocycles. The largest absolute Gasteiger partial charge is 0.340 e. The molecular weight excluding hydrogens is 272 g/mol. The Morgan fingerprint density at radius 1 is 1.57 bits per heavy atom. The molecule has 1 amide bonds. The van der Waals surface area contributed by atoms with Crippen LogP contribution in [-0.2, 0) is 7.05 Å². The zero-order valence-corrected chi connectivity index (χ0v) is 12.5. The van der Waals surface area contributed by atoms with E-state index in [2.05, 4.69) is 6.92 Å². The van der Waals surface area contributed by atoms with Gasteiger partial charge in [0.15, 0.2) is 0 Å². The van der Waals surface area contributed by atoms with Crippen molar-refractivity contribution in [1.82, 2.24) is 9.47 Å². The summed E-state index contributed by atoms with van der Waals surface area (Å²) in [5.74, 6) is 0.431. The Labute approximate surface area is 123 Å². The van der Waals surface area contributed by atoms with E-state index in [4.69, 9.17) is 5.73 Å². The summed E-state index contributed by atoms with van der Waals surface area (Å²) in [6.45, 7) is 3.24. The van der Waals surface area contributed by atoms with E-state index in [1.807, 2.05) is 0 Å². The summed E-state index contributed by atoms with van der Waals surface area (Å²) in [5, 5.41) is 10.8. The number of aryl methyl sites for hydroxylation is 1. The van der Waals surface area contributed by atoms with Crippen LogP contribution in [-0.4, -0.2) is 39.4 Å². The van der Waals surface area contributed by atoms with E-state index in [1.54, 1.807) is 11.9 Å². The van der Waals surface area contributed by atoms with Crippen LogP contribution in [0.2, 0.25) is 0 Å². The van der Waals surface area contributed by atoms with Gasteiger partial charge in [0.2, 0.25) is 0 Å². The molecule has 0 spiro atoms. The summed E-state index contributed by atoms with van der Waals surface area (Å²) in [7, 11) is 1.65. The second-order valence-corrected chi connectivity index (χ2v) is 5.64. The Morgan fingerprint density at radius 2 is 2.29 bits per heavy atom. The highest BCUT2D eigenvalue weighted by Crippen LogP contribution is 2.27. The molecule has 2 atom stereocenters. The van der Waals surface area contributed by atoms with Crippen LogP contribution in [0.15, 0.2) is 12.3 Å². The number of carbonyl (C=O) groups excluding carboxylic acids is 1. The molecule has 2 heterocycles. The summed E-state index contributed by atoms with van der Waals surface area (Å²) in [4.78, 5) is 24.7. The second kappa shape index (κ2) is 6.26. The molecule has 1 fully saturated rings. The van der Waals surface area contributed by atoms with E-state index < -0.39 is 4.92 Å². The molecule has 2 rings (SSSR count). The number of hydrogen-bond donors (Lipinski definition) is 1. The maximum atomic E-state index is 12.6. The third kappa shape index (κ3) is 3.07. The summed E-state index contributed by atoms with van der Waals surface area (Å²) < 4.78 is 1.51. The number of amides is 1. The number of rotatable bonds is 4. The van der Waals surface area contributed by atoms with Gasteiger partial charge in [-0.05, 0) is 18.8 Å². The normalized spacial score (nSPS) is 22.3. The summed E-state index contributed by atoms with van der Waals surface area (Å²) in [6, 6.07) is 1.35. The van der Waals surface area contributed by atoms with E-state index in [-0.39, 0.29) is 17.6 Å². The molecule has 2 unspecified atom stereocenters. The first kappa shape index (κ1) is 15.5. The zero-order valence-electron chi connectivity index (χ0n) is 12.5. The molecule has 7 nitrogen and oxygen atoms in total. The van der Waals surface area contributed by atoms with Crippen molar-refractivity contribution in [2.45, 2.75) is 32.2 Å². The van der Waals surface area contributed by atoms with Gasteiger partial charge in [-0.1, -0.05) is 13.3 Å². The standard InChI is InChI=1S/C14H22N4O3/c1-3-10-4-5-17(11(6-10)8-15)14(19)13-7-12(18(20)21)9-16(13)2/h7,9-11H,3-6,8,15H2,1-2H3. The number of carbonyl (C=O) groups is 1. The Bertz CT molecular complexity index is 540. The molecule has 21 heavy (non-hydrogen) atoms. The van der Waals surface area contributed by atoms with Crippen LogP contribution < -0.4 is 5.73 Å². The van der Waals surface area contributed by atoms with Gasteiger partial charge >= 0.3 is 0 Å². The first-order valence-corrected chi connectivity index (χ1v) is 7.29. The van der Waals surface area contributed by atoms with Crippen molar-refractivity contribution in [2.75, 3.05) is 13.1 Å². The van der Waals surface area contributed by atoms with Crippen LogP contribution in [0.5, 0.6) is 0 Å². The second-order valence-electron chi connectivity index (χ2n) is 5.64. The lowest BCUT2D eigenvalue weighted by Crippen LogP contribution is -2.49. The number of nitro groups is 1. The Morgan fingerprint density at radius 3 is 2.81 bits per heavy atom. The number of aromatic nitrogens is 1. The predicted molar refractivity (Wildman–Crippen MR) is 79.0 cm³/mol. The number of likely N-dealkylation sites (tertiary alicyclic amines) is 1. The van der Waals surface area contributed by atoms with Crippen molar-refractivity contribution >= 4 is 11.6 Å². The minimum Gasteiger partial charge on any atom is -0.340 e. The topological polar surface area (TPSA) is 94.4 Å². The number of piperidine rings is 1. The van der Waals surface area contributed by atoms with E-state index in [9.17, 15) is 14.9 Å². The molecule has 0 aromatic carbocycles. The Balaban J connectivity index is 2.21. The maximum absolute atomic E-state index is 12.6. The third-order valence-electron chi connectivity index (χ3n) is 4.36. The van der Waals surface area contributed by atoms with Gasteiger partial charge < -0.3 is 15.2 Å². The van der Waals surface area contributed by atoms with Gasteiger partial charge in [0.1, 0.15) is 5.69 Å². The highest BCUT2D eigenvalue weighted by atomic mass is 16.6. The molecule has 1 saturated heterocycles. The Kier molecular flexibility index (Phi) is 4.62. The first-order chi connectivity index (χ1) is 9.97. The van der Waals surface area contributed by atoms with E-state index in [0.29, 0.717) is 24.7 Å². The fraction of sp³-hybridized carbons (Fsp3) is 0.643. The van der Waals surface area contributed by atoms with E-state index in [1.165, 1.54) is 16.8 Å². The van der Waals surface area contributed by atoms with Crippen LogP contribution in [0, 0.1) is 16.0 Å². The van der Waals surface area contributed by atoms with Crippen LogP contribution in [0.3, 0.4) is 0 Å². The van der Waals surface area contributed by atoms with Gasteiger partial charge in [0.05, 0.1) is 11.1 Å². The zero-order chi connectivity index (χ0) is 15.6. The molecular formula is C14H22N4O3. The molecule has 1 aromatic rings. The maximum Gasteiger partial charge on any atom is 0.287 e. The lowest BCUT2D eigenvalue weighted by Gasteiger charge is -2.38. The molecule has 2 N–H and O–H groups in total. The molecule has 0 aliphatic carbocycles. The number of hydrogen-bond acceptors (Lipinski definition) is 4. The van der Waals surface area contributed by atoms with E-state index >= 15 is 0 Å². The van der Waals surface area contributed by atoms with E-state index in [0.717, 1.165) is 19.3 Å². The van der Waals surface area contributed by atoms with Crippen LogP contribution in [0.1, 0.15) is 36.7 Å². The molecule has 1 aliphatic rings. The predicted octanol–water partition coefficient (Wildman–Crippen LogP) is 1.52. The van der Waals surface area contributed by atoms with Gasteiger partial charge in [-0.3, -0.25) is 14.9 Å². The fourth-order valence-corrected chi connectivity index (χ4v) is 3.00. The first-order valence-electron chi connectivity index (χ1n) is 7.29. The van der Waals surface area contributed by atoms with Crippen LogP contribution in [0.4, 0.5) is 5.69 Å². The third-order valence-corrected chi connectivity index (χ3v) is 4.36. The molecule has 1 aliphatic heterocycles. The molecule has 0 bridgehead atoms. The SMILES string of the molecule is CCC1CCN(C(=O)c2cc([N+](=O)[O-])cn2C)C(CN)C1. The monoisotopic (exact) mass is 294 g/mol. The average Bonchev–Trinajstić information content (AvgIpc) is 2.88. The smallest absolute Gasteiger partial charge is 0.287 e. The van der Waals surface area contributed by atoms with Crippen molar-refractivity contribution in [3.8, 4) is 0 Å². The van der Waals surface area contributed by atoms with Crippen molar-refractivity contribution in [3.05, 3.63) is 28.1 Å². The van der Waals surface area contributed by atoms with Crippen molar-refractivity contribution in [3.63, 3.8) is 0 Å². The minimum atomic E-state index is -0.486. The lowest BCUT2D eigenvalue weighted by atomic mass is 9.88. The van der Waals surface area contributed by atoms with Crippen LogP contribution >= 0.6 is 0 Å². The quantitative estimate of drug-likeness (QED) is 0.673. The number of nitrogens with two attached hydrogens (primary N) is 1. The average molecular weight is 294 g/mol.